The molecule has 1 heterocycles. The number of rotatable bonds is 9. The highest BCUT2D eigenvalue weighted by Crippen LogP contribution is 2.30. The van der Waals surface area contributed by atoms with E-state index in [9.17, 15) is 9.18 Å². The highest BCUT2D eigenvalue weighted by atomic mass is 35.5. The van der Waals surface area contributed by atoms with Crippen molar-refractivity contribution >= 4 is 70.4 Å². The first-order valence-corrected chi connectivity index (χ1v) is 14.6. The van der Waals surface area contributed by atoms with Crippen molar-refractivity contribution in [3.05, 3.63) is 112 Å². The van der Waals surface area contributed by atoms with Gasteiger partial charge in [-0.1, -0.05) is 71.7 Å². The maximum absolute atomic E-state index is 14.4. The minimum Gasteiger partial charge on any atom is -0.382 e. The van der Waals surface area contributed by atoms with Crippen LogP contribution in [0.15, 0.2) is 84.9 Å². The van der Waals surface area contributed by atoms with Gasteiger partial charge in [-0.2, -0.15) is 0 Å². The van der Waals surface area contributed by atoms with Crippen LogP contribution in [0.1, 0.15) is 41.1 Å². The molecule has 0 aliphatic carbocycles. The standard InChI is InChI=1S/C33H34Cl2FN3O.2ClH/c1-38(33(40)29-12-14-32(36)28-10-6-5-9-27(28)29)22-24(23-11-13-30(34)31(35)21-23)15-18-39-19-16-26(17-20-39)37-25-7-3-2-4-8-25;;/h2-14,21,24,26,37H,15-20,22H2,1H3;2*1H. The predicted molar refractivity (Wildman–Crippen MR) is 179 cm³/mol. The second-order valence-electron chi connectivity index (χ2n) is 10.6. The van der Waals surface area contributed by atoms with Gasteiger partial charge in [-0.15, -0.1) is 24.8 Å². The molecule has 0 bridgehead atoms. The van der Waals surface area contributed by atoms with Gasteiger partial charge in [0.25, 0.3) is 5.91 Å². The molecule has 42 heavy (non-hydrogen) atoms. The molecule has 4 nitrogen and oxygen atoms in total. The number of benzene rings is 4. The zero-order chi connectivity index (χ0) is 28.1. The van der Waals surface area contributed by atoms with Crippen molar-refractivity contribution in [1.29, 1.82) is 0 Å². The van der Waals surface area contributed by atoms with Crippen molar-refractivity contribution in [2.24, 2.45) is 0 Å². The zero-order valence-corrected chi connectivity index (χ0v) is 26.6. The van der Waals surface area contributed by atoms with Crippen LogP contribution < -0.4 is 5.32 Å². The number of halogens is 5. The summed E-state index contributed by atoms with van der Waals surface area (Å²) in [4.78, 5) is 17.8. The molecule has 0 radical (unpaired) electrons. The van der Waals surface area contributed by atoms with Crippen molar-refractivity contribution in [3.63, 3.8) is 0 Å². The number of para-hydroxylation sites is 1. The van der Waals surface area contributed by atoms with Gasteiger partial charge < -0.3 is 15.1 Å². The molecule has 4 aromatic carbocycles. The number of fused-ring (bicyclic) bond motifs is 1. The van der Waals surface area contributed by atoms with Crippen molar-refractivity contribution < 1.29 is 9.18 Å². The number of likely N-dealkylation sites (N-methyl/N-ethyl adjacent to an activating group) is 1. The molecule has 9 heteroatoms. The molecule has 1 atom stereocenters. The van der Waals surface area contributed by atoms with E-state index in [2.05, 4.69) is 34.5 Å². The van der Waals surface area contributed by atoms with Crippen LogP contribution in [-0.4, -0.2) is 55.0 Å². The van der Waals surface area contributed by atoms with Crippen LogP contribution in [0.2, 0.25) is 10.0 Å². The largest absolute Gasteiger partial charge is 0.382 e. The Morgan fingerprint density at radius 2 is 1.60 bits per heavy atom. The summed E-state index contributed by atoms with van der Waals surface area (Å²) in [6, 6.07) is 26.6. The van der Waals surface area contributed by atoms with Crippen molar-refractivity contribution in [1.82, 2.24) is 9.80 Å². The quantitative estimate of drug-likeness (QED) is 0.196. The maximum Gasteiger partial charge on any atom is 0.254 e. The molecule has 224 valence electrons. The van der Waals surface area contributed by atoms with Gasteiger partial charge in [0.2, 0.25) is 0 Å². The summed E-state index contributed by atoms with van der Waals surface area (Å²) in [7, 11) is 1.81. The average molecular weight is 651 g/mol. The summed E-state index contributed by atoms with van der Waals surface area (Å²) in [6.45, 7) is 3.48. The average Bonchev–Trinajstić information content (AvgIpc) is 2.98. The number of nitrogens with one attached hydrogen (secondary N) is 1. The SMILES string of the molecule is CN(CC(CCN1CCC(Nc2ccccc2)CC1)c1ccc(Cl)c(Cl)c1)C(=O)c1ccc(F)c2ccccc12.Cl.Cl. The minimum atomic E-state index is -0.328. The summed E-state index contributed by atoms with van der Waals surface area (Å²) in [6.07, 6.45) is 3.04. The molecule has 4 aromatic rings. The number of carbonyl (C=O) groups excluding carboxylic acids is 1. The topological polar surface area (TPSA) is 35.6 Å². The first kappa shape index (κ1) is 34.0. The van der Waals surface area contributed by atoms with E-state index in [0.29, 0.717) is 39.0 Å². The Bertz CT molecular complexity index is 1460. The Balaban J connectivity index is 0.00000242. The van der Waals surface area contributed by atoms with Gasteiger partial charge in [0.1, 0.15) is 5.82 Å². The molecule has 1 saturated heterocycles. The Hall–Kier alpha value is -2.54. The lowest BCUT2D eigenvalue weighted by Crippen LogP contribution is -2.40. The number of hydrogen-bond donors (Lipinski definition) is 1. The van der Waals surface area contributed by atoms with Crippen LogP contribution in [0.5, 0.6) is 0 Å². The molecular formula is C33H36Cl4FN3O. The molecule has 1 aliphatic rings. The van der Waals surface area contributed by atoms with Crippen molar-refractivity contribution in [3.8, 4) is 0 Å². The summed E-state index contributed by atoms with van der Waals surface area (Å²) < 4.78 is 14.4. The smallest absolute Gasteiger partial charge is 0.254 e. The van der Waals surface area contributed by atoms with E-state index >= 15 is 0 Å². The molecule has 1 aliphatic heterocycles. The van der Waals surface area contributed by atoms with E-state index in [4.69, 9.17) is 23.2 Å². The summed E-state index contributed by atoms with van der Waals surface area (Å²) in [5.74, 6) is -0.393. The molecule has 5 rings (SSSR count). The summed E-state index contributed by atoms with van der Waals surface area (Å²) in [5, 5.41) is 5.75. The number of nitrogens with zero attached hydrogens (tertiary/aromatic N) is 2. The molecular weight excluding hydrogens is 615 g/mol. The fourth-order valence-corrected chi connectivity index (χ4v) is 5.91. The van der Waals surface area contributed by atoms with Crippen LogP contribution in [0.4, 0.5) is 10.1 Å². The molecule has 1 amide bonds. The highest BCUT2D eigenvalue weighted by molar-refractivity contribution is 6.42. The lowest BCUT2D eigenvalue weighted by molar-refractivity contribution is 0.0783. The molecule has 1 fully saturated rings. The van der Waals surface area contributed by atoms with Crippen molar-refractivity contribution in [2.75, 3.05) is 38.5 Å². The number of carbonyl (C=O) groups is 1. The normalized spacial score (nSPS) is 14.5. The molecule has 0 aromatic heterocycles. The van der Waals surface area contributed by atoms with Gasteiger partial charge in [-0.05, 0) is 73.2 Å². The van der Waals surface area contributed by atoms with Gasteiger partial charge in [0.15, 0.2) is 0 Å². The van der Waals surface area contributed by atoms with Crippen LogP contribution in [0.3, 0.4) is 0 Å². The summed E-state index contributed by atoms with van der Waals surface area (Å²) in [5.41, 5.74) is 2.72. The van der Waals surface area contributed by atoms with E-state index in [-0.39, 0.29) is 42.5 Å². The van der Waals surface area contributed by atoms with E-state index < -0.39 is 0 Å². The van der Waals surface area contributed by atoms with E-state index in [1.165, 1.54) is 11.8 Å². The first-order chi connectivity index (χ1) is 19.4. The van der Waals surface area contributed by atoms with Gasteiger partial charge in [0.05, 0.1) is 10.0 Å². The second-order valence-corrected chi connectivity index (χ2v) is 11.4. The zero-order valence-electron chi connectivity index (χ0n) is 23.4. The van der Waals surface area contributed by atoms with E-state index in [1.807, 2.05) is 37.4 Å². The number of hydrogen-bond acceptors (Lipinski definition) is 3. The van der Waals surface area contributed by atoms with E-state index in [0.717, 1.165) is 44.5 Å². The van der Waals surface area contributed by atoms with Crippen LogP contribution in [-0.2, 0) is 0 Å². The van der Waals surface area contributed by atoms with Crippen LogP contribution in [0.25, 0.3) is 10.8 Å². The monoisotopic (exact) mass is 649 g/mol. The third kappa shape index (κ3) is 8.30. The van der Waals surface area contributed by atoms with Crippen LogP contribution in [0, 0.1) is 5.82 Å². The van der Waals surface area contributed by atoms with Gasteiger partial charge in [-0.25, -0.2) is 4.39 Å². The summed E-state index contributed by atoms with van der Waals surface area (Å²) >= 11 is 12.6. The number of anilines is 1. The number of piperidine rings is 1. The lowest BCUT2D eigenvalue weighted by atomic mass is 9.93. The number of likely N-dealkylation sites (tertiary alicyclic amines) is 1. The molecule has 1 N–H and O–H groups in total. The third-order valence-corrected chi connectivity index (χ3v) is 8.62. The second kappa shape index (κ2) is 15.8. The molecule has 0 spiro atoms. The Kier molecular flexibility index (Phi) is 12.8. The van der Waals surface area contributed by atoms with Gasteiger partial charge in [-0.3, -0.25) is 4.79 Å². The Morgan fingerprint density at radius 1 is 0.929 bits per heavy atom. The first-order valence-electron chi connectivity index (χ1n) is 13.8. The van der Waals surface area contributed by atoms with Gasteiger partial charge >= 0.3 is 0 Å². The lowest BCUT2D eigenvalue weighted by Gasteiger charge is -2.34. The van der Waals surface area contributed by atoms with Gasteiger partial charge in [0, 0.05) is 55.3 Å². The van der Waals surface area contributed by atoms with Crippen LogP contribution >= 0.6 is 48.0 Å². The Labute approximate surface area is 270 Å². The van der Waals surface area contributed by atoms with E-state index in [1.54, 1.807) is 29.2 Å². The molecule has 1 unspecified atom stereocenters. The fourth-order valence-electron chi connectivity index (χ4n) is 5.61. The molecule has 0 saturated carbocycles. The highest BCUT2D eigenvalue weighted by Gasteiger charge is 2.24. The Morgan fingerprint density at radius 3 is 2.29 bits per heavy atom. The predicted octanol–water partition coefficient (Wildman–Crippen LogP) is 8.95. The van der Waals surface area contributed by atoms with Crippen molar-refractivity contribution in [2.45, 2.75) is 31.2 Å². The fraction of sp³-hybridized carbons (Fsp3) is 0.303. The minimum absolute atomic E-state index is 0. The third-order valence-electron chi connectivity index (χ3n) is 7.88. The number of amides is 1. The maximum atomic E-state index is 14.4.